The summed E-state index contributed by atoms with van der Waals surface area (Å²) in [5.74, 6) is 0.438. The molecule has 0 aromatic carbocycles. The van der Waals surface area contributed by atoms with Crippen molar-refractivity contribution in [3.63, 3.8) is 0 Å². The second kappa shape index (κ2) is 5.36. The fourth-order valence-corrected chi connectivity index (χ4v) is 2.72. The summed E-state index contributed by atoms with van der Waals surface area (Å²) in [7, 11) is 1.56. The standard InChI is InChI=1S/C13H23N3O2/c1-9(2)16-5-4-10(8-16)7-14-11-6-12(17)15(3)13(11)18/h9-11,14H,4-8H2,1-3H3. The van der Waals surface area contributed by atoms with E-state index in [9.17, 15) is 9.59 Å². The number of nitrogens with zero attached hydrogens (tertiary/aromatic N) is 2. The van der Waals surface area contributed by atoms with Crippen LogP contribution in [-0.4, -0.2) is 60.4 Å². The minimum Gasteiger partial charge on any atom is -0.305 e. The zero-order valence-corrected chi connectivity index (χ0v) is 11.5. The van der Waals surface area contributed by atoms with Crippen molar-refractivity contribution in [1.29, 1.82) is 0 Å². The third-order valence-electron chi connectivity index (χ3n) is 4.08. The van der Waals surface area contributed by atoms with Gasteiger partial charge in [0.1, 0.15) is 0 Å². The number of amides is 2. The average molecular weight is 253 g/mol. The van der Waals surface area contributed by atoms with E-state index < -0.39 is 0 Å². The van der Waals surface area contributed by atoms with Gasteiger partial charge >= 0.3 is 0 Å². The lowest BCUT2D eigenvalue weighted by molar-refractivity contribution is -0.137. The van der Waals surface area contributed by atoms with Crippen LogP contribution in [0.4, 0.5) is 0 Å². The normalized spacial score (nSPS) is 29.9. The Morgan fingerprint density at radius 1 is 1.39 bits per heavy atom. The van der Waals surface area contributed by atoms with Gasteiger partial charge < -0.3 is 10.2 Å². The highest BCUT2D eigenvalue weighted by Gasteiger charge is 2.36. The summed E-state index contributed by atoms with van der Waals surface area (Å²) >= 11 is 0. The number of imide groups is 1. The topological polar surface area (TPSA) is 52.7 Å². The molecule has 5 heteroatoms. The highest BCUT2D eigenvalue weighted by molar-refractivity contribution is 6.05. The molecule has 2 aliphatic heterocycles. The predicted molar refractivity (Wildman–Crippen MR) is 69.0 cm³/mol. The SMILES string of the molecule is CC(C)N1CCC(CNC2CC(=O)N(C)C2=O)C1. The average Bonchev–Trinajstić information content (AvgIpc) is 2.88. The molecular formula is C13H23N3O2. The molecule has 2 aliphatic rings. The smallest absolute Gasteiger partial charge is 0.246 e. The van der Waals surface area contributed by atoms with Gasteiger partial charge in [0, 0.05) is 19.6 Å². The van der Waals surface area contributed by atoms with Gasteiger partial charge in [0.25, 0.3) is 0 Å². The van der Waals surface area contributed by atoms with Crippen LogP contribution in [0.5, 0.6) is 0 Å². The summed E-state index contributed by atoms with van der Waals surface area (Å²) in [5, 5.41) is 3.25. The van der Waals surface area contributed by atoms with Gasteiger partial charge in [0.05, 0.1) is 12.5 Å². The molecule has 0 aliphatic carbocycles. The molecule has 18 heavy (non-hydrogen) atoms. The maximum Gasteiger partial charge on any atom is 0.246 e. The molecule has 0 aromatic rings. The quantitative estimate of drug-likeness (QED) is 0.720. The van der Waals surface area contributed by atoms with Crippen molar-refractivity contribution in [2.75, 3.05) is 26.7 Å². The number of carbonyl (C=O) groups is 2. The summed E-state index contributed by atoms with van der Waals surface area (Å²) in [6.07, 6.45) is 1.49. The van der Waals surface area contributed by atoms with Crippen molar-refractivity contribution >= 4 is 11.8 Å². The van der Waals surface area contributed by atoms with E-state index in [4.69, 9.17) is 0 Å². The van der Waals surface area contributed by atoms with E-state index in [0.29, 0.717) is 18.4 Å². The van der Waals surface area contributed by atoms with Crippen LogP contribution in [-0.2, 0) is 9.59 Å². The van der Waals surface area contributed by atoms with Crippen molar-refractivity contribution in [3.05, 3.63) is 0 Å². The molecule has 2 rings (SSSR count). The molecule has 0 bridgehead atoms. The zero-order valence-electron chi connectivity index (χ0n) is 11.5. The number of hydrogen-bond acceptors (Lipinski definition) is 4. The van der Waals surface area contributed by atoms with Crippen LogP contribution in [0.2, 0.25) is 0 Å². The molecule has 2 amide bonds. The molecule has 2 atom stereocenters. The van der Waals surface area contributed by atoms with Gasteiger partial charge in [-0.25, -0.2) is 0 Å². The Bertz CT molecular complexity index is 343. The molecule has 0 saturated carbocycles. The molecule has 2 heterocycles. The molecular weight excluding hydrogens is 230 g/mol. The van der Waals surface area contributed by atoms with Gasteiger partial charge in [0.2, 0.25) is 11.8 Å². The van der Waals surface area contributed by atoms with Crippen LogP contribution >= 0.6 is 0 Å². The first kappa shape index (κ1) is 13.5. The predicted octanol–water partition coefficient (Wildman–Crippen LogP) is 0.0636. The number of likely N-dealkylation sites (tertiary alicyclic amines) is 2. The Morgan fingerprint density at radius 2 is 2.11 bits per heavy atom. The first-order valence-corrected chi connectivity index (χ1v) is 6.77. The third kappa shape index (κ3) is 2.72. The fraction of sp³-hybridized carbons (Fsp3) is 0.846. The number of likely N-dealkylation sites (N-methyl/N-ethyl adjacent to an activating group) is 1. The van der Waals surface area contributed by atoms with Gasteiger partial charge in [-0.2, -0.15) is 0 Å². The lowest BCUT2D eigenvalue weighted by atomic mass is 10.1. The Balaban J connectivity index is 1.76. The first-order valence-electron chi connectivity index (χ1n) is 6.77. The van der Waals surface area contributed by atoms with Gasteiger partial charge in [0.15, 0.2) is 0 Å². The minimum atomic E-state index is -0.296. The Labute approximate surface area is 108 Å². The number of hydrogen-bond donors (Lipinski definition) is 1. The first-order chi connectivity index (χ1) is 8.49. The lowest BCUT2D eigenvalue weighted by Crippen LogP contribution is -2.40. The van der Waals surface area contributed by atoms with Crippen LogP contribution in [0.15, 0.2) is 0 Å². The Hall–Kier alpha value is -0.940. The van der Waals surface area contributed by atoms with E-state index >= 15 is 0 Å². The molecule has 0 aromatic heterocycles. The highest BCUT2D eigenvalue weighted by Crippen LogP contribution is 2.18. The van der Waals surface area contributed by atoms with Crippen LogP contribution in [0, 0.1) is 5.92 Å². The molecule has 0 spiro atoms. The lowest BCUT2D eigenvalue weighted by Gasteiger charge is -2.20. The summed E-state index contributed by atoms with van der Waals surface area (Å²) in [5.41, 5.74) is 0. The van der Waals surface area contributed by atoms with Gasteiger partial charge in [-0.05, 0) is 39.3 Å². The van der Waals surface area contributed by atoms with Gasteiger partial charge in [-0.1, -0.05) is 0 Å². The van der Waals surface area contributed by atoms with E-state index in [1.807, 2.05) is 0 Å². The number of rotatable bonds is 4. The van der Waals surface area contributed by atoms with E-state index in [2.05, 4.69) is 24.1 Å². The van der Waals surface area contributed by atoms with Gasteiger partial charge in [-0.15, -0.1) is 0 Å². The van der Waals surface area contributed by atoms with E-state index in [1.54, 1.807) is 7.05 Å². The Morgan fingerprint density at radius 3 is 2.61 bits per heavy atom. The minimum absolute atomic E-state index is 0.0762. The maximum absolute atomic E-state index is 11.7. The van der Waals surface area contributed by atoms with Crippen molar-refractivity contribution in [3.8, 4) is 0 Å². The van der Waals surface area contributed by atoms with Crippen molar-refractivity contribution in [2.24, 2.45) is 5.92 Å². The summed E-state index contributed by atoms with van der Waals surface area (Å²) < 4.78 is 0. The second-order valence-corrected chi connectivity index (χ2v) is 5.70. The summed E-state index contributed by atoms with van der Waals surface area (Å²) in [6.45, 7) is 7.49. The fourth-order valence-electron chi connectivity index (χ4n) is 2.72. The zero-order chi connectivity index (χ0) is 13.3. The summed E-state index contributed by atoms with van der Waals surface area (Å²) in [6, 6.07) is 0.298. The van der Waals surface area contributed by atoms with Crippen molar-refractivity contribution in [2.45, 2.75) is 38.8 Å². The highest BCUT2D eigenvalue weighted by atomic mass is 16.2. The van der Waals surface area contributed by atoms with E-state index in [-0.39, 0.29) is 17.9 Å². The third-order valence-corrected chi connectivity index (χ3v) is 4.08. The van der Waals surface area contributed by atoms with Crippen LogP contribution in [0.1, 0.15) is 26.7 Å². The summed E-state index contributed by atoms with van der Waals surface area (Å²) in [4.78, 5) is 26.8. The van der Waals surface area contributed by atoms with E-state index in [1.165, 1.54) is 11.3 Å². The molecule has 2 saturated heterocycles. The van der Waals surface area contributed by atoms with Crippen molar-refractivity contribution in [1.82, 2.24) is 15.1 Å². The molecule has 102 valence electrons. The van der Waals surface area contributed by atoms with E-state index in [0.717, 1.165) is 19.6 Å². The Kier molecular flexibility index (Phi) is 4.02. The maximum atomic E-state index is 11.7. The molecule has 2 unspecified atom stereocenters. The second-order valence-electron chi connectivity index (χ2n) is 5.70. The number of nitrogens with one attached hydrogen (secondary N) is 1. The van der Waals surface area contributed by atoms with Crippen LogP contribution < -0.4 is 5.32 Å². The molecule has 5 nitrogen and oxygen atoms in total. The van der Waals surface area contributed by atoms with Crippen LogP contribution in [0.25, 0.3) is 0 Å². The monoisotopic (exact) mass is 253 g/mol. The van der Waals surface area contributed by atoms with Gasteiger partial charge in [-0.3, -0.25) is 14.5 Å². The van der Waals surface area contributed by atoms with Crippen molar-refractivity contribution < 1.29 is 9.59 Å². The van der Waals surface area contributed by atoms with Crippen LogP contribution in [0.3, 0.4) is 0 Å². The largest absolute Gasteiger partial charge is 0.305 e. The molecule has 1 N–H and O–H groups in total. The number of carbonyl (C=O) groups excluding carboxylic acids is 2. The molecule has 0 radical (unpaired) electrons. The molecule has 2 fully saturated rings.